The molecule has 0 aliphatic heterocycles. The van der Waals surface area contributed by atoms with Gasteiger partial charge in [-0.05, 0) is 23.6 Å². The lowest BCUT2D eigenvalue weighted by Crippen LogP contribution is -2.10. The number of pyridine rings is 1. The number of carbonyl (C=O) groups is 1. The molecule has 0 fully saturated rings. The Hall–Kier alpha value is -1.90. The van der Waals surface area contributed by atoms with Crippen LogP contribution in [0.25, 0.3) is 10.8 Å². The average molecular weight is 172 g/mol. The minimum atomic E-state index is -0.411. The summed E-state index contributed by atoms with van der Waals surface area (Å²) in [6.07, 6.45) is 3.42. The number of nitrogens with zero attached hydrogens (tertiary/aromatic N) is 1. The Kier molecular flexibility index (Phi) is 1.70. The smallest absolute Gasteiger partial charge is 0.248 e. The molecule has 13 heavy (non-hydrogen) atoms. The number of fused-ring (bicyclic) bond motifs is 1. The van der Waals surface area contributed by atoms with E-state index in [1.54, 1.807) is 24.5 Å². The van der Waals surface area contributed by atoms with Crippen LogP contribution in [-0.2, 0) is 0 Å². The first-order valence-corrected chi connectivity index (χ1v) is 3.91. The van der Waals surface area contributed by atoms with Gasteiger partial charge in [-0.2, -0.15) is 0 Å². The molecule has 0 aliphatic rings. The van der Waals surface area contributed by atoms with Gasteiger partial charge in [0.1, 0.15) is 0 Å². The Balaban J connectivity index is 2.69. The van der Waals surface area contributed by atoms with Crippen LogP contribution in [0.5, 0.6) is 0 Å². The summed E-state index contributed by atoms with van der Waals surface area (Å²) < 4.78 is 0. The van der Waals surface area contributed by atoms with Crippen molar-refractivity contribution in [1.82, 2.24) is 4.98 Å². The summed E-state index contributed by atoms with van der Waals surface area (Å²) >= 11 is 0. The fourth-order valence-corrected chi connectivity index (χ4v) is 1.24. The van der Waals surface area contributed by atoms with Crippen molar-refractivity contribution in [2.24, 2.45) is 5.73 Å². The molecule has 2 aromatic rings. The zero-order valence-electron chi connectivity index (χ0n) is 6.90. The van der Waals surface area contributed by atoms with Gasteiger partial charge in [-0.25, -0.2) is 0 Å². The van der Waals surface area contributed by atoms with Crippen LogP contribution in [-0.4, -0.2) is 10.9 Å². The zero-order valence-corrected chi connectivity index (χ0v) is 6.90. The average Bonchev–Trinajstić information content (AvgIpc) is 2.17. The van der Waals surface area contributed by atoms with Crippen molar-refractivity contribution in [3.63, 3.8) is 0 Å². The van der Waals surface area contributed by atoms with Gasteiger partial charge in [-0.3, -0.25) is 9.78 Å². The summed E-state index contributed by atoms with van der Waals surface area (Å²) in [6, 6.07) is 7.20. The Labute approximate surface area is 75.2 Å². The molecule has 0 atom stereocenters. The van der Waals surface area contributed by atoms with Crippen LogP contribution >= 0.6 is 0 Å². The minimum absolute atomic E-state index is 0.411. The SMILES string of the molecule is NC(=O)c1ccc2ccncc2c1. The number of primary amides is 1. The van der Waals surface area contributed by atoms with Gasteiger partial charge in [0.05, 0.1) is 0 Å². The topological polar surface area (TPSA) is 56.0 Å². The maximum Gasteiger partial charge on any atom is 0.248 e. The number of rotatable bonds is 1. The Bertz CT molecular complexity index is 465. The predicted octanol–water partition coefficient (Wildman–Crippen LogP) is 1.33. The molecule has 0 bridgehead atoms. The highest BCUT2D eigenvalue weighted by Crippen LogP contribution is 2.13. The number of benzene rings is 1. The molecular formula is C10H8N2O. The third-order valence-corrected chi connectivity index (χ3v) is 1.93. The first-order valence-electron chi connectivity index (χ1n) is 3.91. The number of hydrogen-bond acceptors (Lipinski definition) is 2. The summed E-state index contributed by atoms with van der Waals surface area (Å²) in [7, 11) is 0. The second-order valence-corrected chi connectivity index (χ2v) is 2.80. The zero-order chi connectivity index (χ0) is 9.26. The second kappa shape index (κ2) is 2.86. The third kappa shape index (κ3) is 1.36. The molecule has 2 N–H and O–H groups in total. The van der Waals surface area contributed by atoms with E-state index in [1.807, 2.05) is 12.1 Å². The van der Waals surface area contributed by atoms with Gasteiger partial charge < -0.3 is 5.73 Å². The third-order valence-electron chi connectivity index (χ3n) is 1.93. The van der Waals surface area contributed by atoms with Crippen molar-refractivity contribution in [1.29, 1.82) is 0 Å². The van der Waals surface area contributed by atoms with Crippen molar-refractivity contribution < 1.29 is 4.79 Å². The molecule has 0 saturated heterocycles. The number of nitrogens with two attached hydrogens (primary N) is 1. The molecule has 0 unspecified atom stereocenters. The van der Waals surface area contributed by atoms with E-state index in [4.69, 9.17) is 5.73 Å². The largest absolute Gasteiger partial charge is 0.366 e. The molecule has 0 radical (unpaired) electrons. The molecule has 1 aromatic heterocycles. The van der Waals surface area contributed by atoms with Crippen molar-refractivity contribution in [3.8, 4) is 0 Å². The lowest BCUT2D eigenvalue weighted by molar-refractivity contribution is 0.100. The summed E-state index contributed by atoms with van der Waals surface area (Å²) in [4.78, 5) is 14.8. The normalized spacial score (nSPS) is 10.2. The first kappa shape index (κ1) is 7.73. The summed E-state index contributed by atoms with van der Waals surface area (Å²) in [5, 5.41) is 1.99. The molecule has 2 rings (SSSR count). The van der Waals surface area contributed by atoms with Crippen LogP contribution in [0, 0.1) is 0 Å². The monoisotopic (exact) mass is 172 g/mol. The highest BCUT2D eigenvalue weighted by atomic mass is 16.1. The van der Waals surface area contributed by atoms with E-state index in [2.05, 4.69) is 4.98 Å². The van der Waals surface area contributed by atoms with E-state index in [1.165, 1.54) is 0 Å². The molecule has 1 aromatic carbocycles. The molecule has 3 heteroatoms. The standard InChI is InChI=1S/C10H8N2O/c11-10(13)8-2-1-7-3-4-12-6-9(7)5-8/h1-6H,(H2,11,13). The fourth-order valence-electron chi connectivity index (χ4n) is 1.24. The molecule has 1 amide bonds. The number of amides is 1. The molecule has 64 valence electrons. The quantitative estimate of drug-likeness (QED) is 0.705. The maximum absolute atomic E-state index is 10.8. The van der Waals surface area contributed by atoms with E-state index < -0.39 is 5.91 Å². The van der Waals surface area contributed by atoms with Crippen molar-refractivity contribution in [2.75, 3.05) is 0 Å². The highest BCUT2D eigenvalue weighted by molar-refractivity contribution is 5.97. The molecular weight excluding hydrogens is 164 g/mol. The van der Waals surface area contributed by atoms with Gasteiger partial charge in [0, 0.05) is 23.3 Å². The molecule has 1 heterocycles. The maximum atomic E-state index is 10.8. The van der Waals surface area contributed by atoms with E-state index in [0.29, 0.717) is 5.56 Å². The number of carbonyl (C=O) groups excluding carboxylic acids is 1. The van der Waals surface area contributed by atoms with Crippen molar-refractivity contribution in [2.45, 2.75) is 0 Å². The summed E-state index contributed by atoms with van der Waals surface area (Å²) in [5.41, 5.74) is 5.66. The van der Waals surface area contributed by atoms with Gasteiger partial charge in [0.15, 0.2) is 0 Å². The lowest BCUT2D eigenvalue weighted by atomic mass is 10.1. The van der Waals surface area contributed by atoms with Crippen molar-refractivity contribution in [3.05, 3.63) is 42.2 Å². The van der Waals surface area contributed by atoms with Crippen LogP contribution < -0.4 is 5.73 Å². The van der Waals surface area contributed by atoms with Gasteiger partial charge in [-0.15, -0.1) is 0 Å². The molecule has 3 nitrogen and oxygen atoms in total. The first-order chi connectivity index (χ1) is 6.27. The van der Waals surface area contributed by atoms with Crippen LogP contribution in [0.15, 0.2) is 36.7 Å². The van der Waals surface area contributed by atoms with Crippen LogP contribution in [0.4, 0.5) is 0 Å². The highest BCUT2D eigenvalue weighted by Gasteiger charge is 2.00. The van der Waals surface area contributed by atoms with Crippen LogP contribution in [0.3, 0.4) is 0 Å². The predicted molar refractivity (Wildman–Crippen MR) is 50.3 cm³/mol. The van der Waals surface area contributed by atoms with Crippen LogP contribution in [0.2, 0.25) is 0 Å². The summed E-state index contributed by atoms with van der Waals surface area (Å²) in [6.45, 7) is 0. The number of hydrogen-bond donors (Lipinski definition) is 1. The van der Waals surface area contributed by atoms with Gasteiger partial charge in [0.25, 0.3) is 0 Å². The molecule has 0 aliphatic carbocycles. The van der Waals surface area contributed by atoms with Crippen LogP contribution in [0.1, 0.15) is 10.4 Å². The van der Waals surface area contributed by atoms with E-state index in [0.717, 1.165) is 10.8 Å². The van der Waals surface area contributed by atoms with E-state index in [-0.39, 0.29) is 0 Å². The number of aromatic nitrogens is 1. The minimum Gasteiger partial charge on any atom is -0.366 e. The Morgan fingerprint density at radius 2 is 2.08 bits per heavy atom. The van der Waals surface area contributed by atoms with Gasteiger partial charge in [-0.1, -0.05) is 6.07 Å². The second-order valence-electron chi connectivity index (χ2n) is 2.80. The Morgan fingerprint density at radius 3 is 2.85 bits per heavy atom. The Morgan fingerprint density at radius 1 is 1.23 bits per heavy atom. The molecule has 0 saturated carbocycles. The van der Waals surface area contributed by atoms with E-state index in [9.17, 15) is 4.79 Å². The van der Waals surface area contributed by atoms with Gasteiger partial charge >= 0.3 is 0 Å². The van der Waals surface area contributed by atoms with E-state index >= 15 is 0 Å². The lowest BCUT2D eigenvalue weighted by Gasteiger charge is -1.98. The van der Waals surface area contributed by atoms with Crippen molar-refractivity contribution >= 4 is 16.7 Å². The van der Waals surface area contributed by atoms with Gasteiger partial charge in [0.2, 0.25) is 5.91 Å². The fraction of sp³-hybridized carbons (Fsp3) is 0. The summed E-state index contributed by atoms with van der Waals surface area (Å²) in [5.74, 6) is -0.411. The molecule has 0 spiro atoms.